The third-order valence-corrected chi connectivity index (χ3v) is 3.65. The maximum atomic E-state index is 4.19. The summed E-state index contributed by atoms with van der Waals surface area (Å²) in [6.07, 6.45) is 2.86. The molecule has 2 aromatic rings. The molecule has 0 fully saturated rings. The van der Waals surface area contributed by atoms with Crippen LogP contribution in [0.2, 0.25) is 0 Å². The van der Waals surface area contributed by atoms with Gasteiger partial charge in [-0.2, -0.15) is 5.10 Å². The highest BCUT2D eigenvalue weighted by molar-refractivity contribution is 5.32. The van der Waals surface area contributed by atoms with E-state index < -0.39 is 0 Å². The molecule has 1 N–H and O–H groups in total. The highest BCUT2D eigenvalue weighted by atomic mass is 15.3. The molecule has 1 atom stereocenters. The zero-order chi connectivity index (χ0) is 13.8. The first kappa shape index (κ1) is 13.8. The summed E-state index contributed by atoms with van der Waals surface area (Å²) in [5.41, 5.74) is 5.33. The minimum absolute atomic E-state index is 0.383. The fourth-order valence-corrected chi connectivity index (χ4v) is 2.48. The molecule has 0 amide bonds. The van der Waals surface area contributed by atoms with Crippen molar-refractivity contribution in [3.8, 4) is 0 Å². The standard InChI is InChI=1S/C16H23N3/c1-12-5-6-16(13(2)11-12)14(3)17-9-7-15-8-10-18-19(15)4/h5-6,8,10-11,14,17H,7,9H2,1-4H3. The summed E-state index contributed by atoms with van der Waals surface area (Å²) < 4.78 is 1.93. The Morgan fingerprint density at radius 3 is 2.68 bits per heavy atom. The Morgan fingerprint density at radius 1 is 1.26 bits per heavy atom. The number of aromatic nitrogens is 2. The van der Waals surface area contributed by atoms with Crippen LogP contribution < -0.4 is 5.32 Å². The predicted octanol–water partition coefficient (Wildman–Crippen LogP) is 2.93. The van der Waals surface area contributed by atoms with Crippen molar-refractivity contribution in [3.05, 3.63) is 52.8 Å². The van der Waals surface area contributed by atoms with Gasteiger partial charge in [0.25, 0.3) is 0 Å². The first-order valence-corrected chi connectivity index (χ1v) is 6.85. The van der Waals surface area contributed by atoms with Crippen LogP contribution in [0.5, 0.6) is 0 Å². The number of nitrogens with one attached hydrogen (secondary N) is 1. The first-order chi connectivity index (χ1) is 9.08. The van der Waals surface area contributed by atoms with Gasteiger partial charge in [-0.1, -0.05) is 23.8 Å². The van der Waals surface area contributed by atoms with E-state index in [1.54, 1.807) is 0 Å². The zero-order valence-corrected chi connectivity index (χ0v) is 12.3. The van der Waals surface area contributed by atoms with E-state index in [0.717, 1.165) is 13.0 Å². The SMILES string of the molecule is Cc1ccc(C(C)NCCc2ccnn2C)c(C)c1. The minimum atomic E-state index is 0.383. The third kappa shape index (κ3) is 3.44. The molecular weight excluding hydrogens is 234 g/mol. The molecule has 2 rings (SSSR count). The van der Waals surface area contributed by atoms with E-state index in [9.17, 15) is 0 Å². The fraction of sp³-hybridized carbons (Fsp3) is 0.438. The lowest BCUT2D eigenvalue weighted by Gasteiger charge is -2.17. The van der Waals surface area contributed by atoms with Crippen LogP contribution in [0.25, 0.3) is 0 Å². The third-order valence-electron chi connectivity index (χ3n) is 3.65. The van der Waals surface area contributed by atoms with Crippen molar-refractivity contribution >= 4 is 0 Å². The quantitative estimate of drug-likeness (QED) is 0.892. The molecule has 1 heterocycles. The van der Waals surface area contributed by atoms with E-state index in [4.69, 9.17) is 0 Å². The van der Waals surface area contributed by atoms with E-state index in [1.165, 1.54) is 22.4 Å². The summed E-state index contributed by atoms with van der Waals surface area (Å²) in [5.74, 6) is 0. The second-order valence-electron chi connectivity index (χ2n) is 5.23. The number of hydrogen-bond donors (Lipinski definition) is 1. The van der Waals surface area contributed by atoms with Crippen LogP contribution in [-0.2, 0) is 13.5 Å². The topological polar surface area (TPSA) is 29.9 Å². The van der Waals surface area contributed by atoms with E-state index in [2.05, 4.69) is 55.5 Å². The molecule has 3 heteroatoms. The van der Waals surface area contributed by atoms with Gasteiger partial charge in [-0.3, -0.25) is 4.68 Å². The second-order valence-corrected chi connectivity index (χ2v) is 5.23. The van der Waals surface area contributed by atoms with Gasteiger partial charge >= 0.3 is 0 Å². The Labute approximate surface area is 115 Å². The number of benzene rings is 1. The van der Waals surface area contributed by atoms with Crippen molar-refractivity contribution in [1.82, 2.24) is 15.1 Å². The lowest BCUT2D eigenvalue weighted by Crippen LogP contribution is -2.22. The highest BCUT2D eigenvalue weighted by Gasteiger charge is 2.08. The van der Waals surface area contributed by atoms with Crippen LogP contribution >= 0.6 is 0 Å². The number of hydrogen-bond acceptors (Lipinski definition) is 2. The van der Waals surface area contributed by atoms with Crippen LogP contribution in [-0.4, -0.2) is 16.3 Å². The van der Waals surface area contributed by atoms with Crippen molar-refractivity contribution in [2.75, 3.05) is 6.54 Å². The summed E-state index contributed by atoms with van der Waals surface area (Å²) >= 11 is 0. The molecule has 0 saturated carbocycles. The highest BCUT2D eigenvalue weighted by Crippen LogP contribution is 2.18. The normalized spacial score (nSPS) is 12.6. The lowest BCUT2D eigenvalue weighted by molar-refractivity contribution is 0.562. The monoisotopic (exact) mass is 257 g/mol. The van der Waals surface area contributed by atoms with Crippen molar-refractivity contribution < 1.29 is 0 Å². The molecule has 102 valence electrons. The maximum Gasteiger partial charge on any atom is 0.0492 e. The number of rotatable bonds is 5. The van der Waals surface area contributed by atoms with Gasteiger partial charge in [-0.05, 0) is 38.0 Å². The van der Waals surface area contributed by atoms with Crippen LogP contribution in [0.3, 0.4) is 0 Å². The Morgan fingerprint density at radius 2 is 2.05 bits per heavy atom. The average Bonchev–Trinajstić information content (AvgIpc) is 2.75. The molecule has 0 spiro atoms. The molecule has 0 aliphatic heterocycles. The van der Waals surface area contributed by atoms with Gasteiger partial charge in [0.1, 0.15) is 0 Å². The molecule has 3 nitrogen and oxygen atoms in total. The largest absolute Gasteiger partial charge is 0.310 e. The number of aryl methyl sites for hydroxylation is 3. The van der Waals surface area contributed by atoms with Gasteiger partial charge in [0.05, 0.1) is 0 Å². The molecule has 1 unspecified atom stereocenters. The van der Waals surface area contributed by atoms with Crippen molar-refractivity contribution in [2.45, 2.75) is 33.2 Å². The Bertz CT molecular complexity index is 543. The average molecular weight is 257 g/mol. The van der Waals surface area contributed by atoms with Gasteiger partial charge < -0.3 is 5.32 Å². The van der Waals surface area contributed by atoms with Gasteiger partial charge in [0.2, 0.25) is 0 Å². The van der Waals surface area contributed by atoms with Gasteiger partial charge in [0.15, 0.2) is 0 Å². The Balaban J connectivity index is 1.91. The van der Waals surface area contributed by atoms with Crippen LogP contribution in [0.1, 0.15) is 35.3 Å². The number of nitrogens with zero attached hydrogens (tertiary/aromatic N) is 2. The fourth-order valence-electron chi connectivity index (χ4n) is 2.48. The summed E-state index contributed by atoms with van der Waals surface area (Å²) in [5, 5.41) is 7.77. The summed E-state index contributed by atoms with van der Waals surface area (Å²) in [6, 6.07) is 9.11. The Kier molecular flexibility index (Phi) is 4.38. The van der Waals surface area contributed by atoms with E-state index in [-0.39, 0.29) is 0 Å². The van der Waals surface area contributed by atoms with Gasteiger partial charge in [-0.25, -0.2) is 0 Å². The van der Waals surface area contributed by atoms with Crippen LogP contribution in [0, 0.1) is 13.8 Å². The van der Waals surface area contributed by atoms with E-state index in [1.807, 2.05) is 17.9 Å². The van der Waals surface area contributed by atoms with E-state index >= 15 is 0 Å². The molecule has 0 aliphatic carbocycles. The molecule has 19 heavy (non-hydrogen) atoms. The lowest BCUT2D eigenvalue weighted by atomic mass is 10.0. The molecule has 1 aromatic heterocycles. The zero-order valence-electron chi connectivity index (χ0n) is 12.3. The summed E-state index contributed by atoms with van der Waals surface area (Å²) in [7, 11) is 1.99. The summed E-state index contributed by atoms with van der Waals surface area (Å²) in [4.78, 5) is 0. The van der Waals surface area contributed by atoms with Crippen molar-refractivity contribution in [1.29, 1.82) is 0 Å². The van der Waals surface area contributed by atoms with Gasteiger partial charge in [-0.15, -0.1) is 0 Å². The molecule has 0 bridgehead atoms. The van der Waals surface area contributed by atoms with Crippen LogP contribution in [0.4, 0.5) is 0 Å². The minimum Gasteiger partial charge on any atom is -0.310 e. The molecule has 0 saturated heterocycles. The summed E-state index contributed by atoms with van der Waals surface area (Å²) in [6.45, 7) is 7.51. The first-order valence-electron chi connectivity index (χ1n) is 6.85. The molecule has 0 aliphatic rings. The van der Waals surface area contributed by atoms with E-state index in [0.29, 0.717) is 6.04 Å². The molecule has 1 aromatic carbocycles. The van der Waals surface area contributed by atoms with Crippen molar-refractivity contribution in [2.24, 2.45) is 7.05 Å². The smallest absolute Gasteiger partial charge is 0.0492 e. The molecule has 0 radical (unpaired) electrons. The predicted molar refractivity (Wildman–Crippen MR) is 79.2 cm³/mol. The maximum absolute atomic E-state index is 4.19. The van der Waals surface area contributed by atoms with Crippen molar-refractivity contribution in [3.63, 3.8) is 0 Å². The molecular formula is C16H23N3. The van der Waals surface area contributed by atoms with Crippen LogP contribution in [0.15, 0.2) is 30.5 Å². The second kappa shape index (κ2) is 6.02. The Hall–Kier alpha value is -1.61. The van der Waals surface area contributed by atoms with Gasteiger partial charge in [0, 0.05) is 37.9 Å².